The van der Waals surface area contributed by atoms with E-state index in [1.54, 1.807) is 31.2 Å². The molecule has 1 aliphatic carbocycles. The first-order valence-electron chi connectivity index (χ1n) is 10.7. The van der Waals surface area contributed by atoms with E-state index in [9.17, 15) is 35.0 Å². The number of fused-ring (bicyclic) bond motifs is 2. The molecule has 0 saturated carbocycles. The summed E-state index contributed by atoms with van der Waals surface area (Å²) in [5.74, 6) is -2.31. The van der Waals surface area contributed by atoms with E-state index in [0.29, 0.717) is 11.3 Å². The van der Waals surface area contributed by atoms with E-state index in [1.807, 2.05) is 0 Å². The Morgan fingerprint density at radius 3 is 2.00 bits per heavy atom. The van der Waals surface area contributed by atoms with Crippen LogP contribution in [0.2, 0.25) is 0 Å². The standard InChI is InChI=1S/C25H22N2O8/c1-12-10-15(26(13(2)28)14(3)29)8-9-19(12)35-20-11-18(27(33)34)21-22(25(20)32)24(31)17-7-5-4-6-16(17)23(21)30/h4-11,13-14,28-29,32H,1-3H3. The van der Waals surface area contributed by atoms with Crippen LogP contribution in [-0.2, 0) is 0 Å². The molecule has 35 heavy (non-hydrogen) atoms. The number of carbonyl (C=O) groups is 2. The summed E-state index contributed by atoms with van der Waals surface area (Å²) >= 11 is 0. The number of aryl methyl sites for hydroxylation is 1. The summed E-state index contributed by atoms with van der Waals surface area (Å²) in [5, 5.41) is 42.6. The van der Waals surface area contributed by atoms with Gasteiger partial charge in [0.2, 0.25) is 5.78 Å². The summed E-state index contributed by atoms with van der Waals surface area (Å²) in [6, 6.07) is 11.5. The number of nitrogens with zero attached hydrogens (tertiary/aromatic N) is 2. The van der Waals surface area contributed by atoms with Crippen molar-refractivity contribution >= 4 is 22.9 Å². The molecule has 0 aliphatic heterocycles. The van der Waals surface area contributed by atoms with Gasteiger partial charge in [-0.05, 0) is 44.5 Å². The summed E-state index contributed by atoms with van der Waals surface area (Å²) in [7, 11) is 0. The number of aliphatic hydroxyl groups is 2. The van der Waals surface area contributed by atoms with Crippen molar-refractivity contribution in [1.29, 1.82) is 0 Å². The van der Waals surface area contributed by atoms with Crippen molar-refractivity contribution in [3.05, 3.63) is 86.5 Å². The molecule has 3 aromatic carbocycles. The number of aromatic hydroxyl groups is 1. The number of phenolic OH excluding ortho intramolecular Hbond substituents is 1. The number of nitro benzene ring substituents is 1. The van der Waals surface area contributed by atoms with Gasteiger partial charge in [0.15, 0.2) is 17.3 Å². The average molecular weight is 478 g/mol. The summed E-state index contributed by atoms with van der Waals surface area (Å²) < 4.78 is 5.76. The molecule has 0 saturated heterocycles. The van der Waals surface area contributed by atoms with Crippen LogP contribution in [0.15, 0.2) is 48.5 Å². The molecule has 3 aromatic rings. The highest BCUT2D eigenvalue weighted by Crippen LogP contribution is 2.45. The number of phenols is 1. The number of aliphatic hydroxyl groups excluding tert-OH is 2. The maximum absolute atomic E-state index is 13.1. The molecule has 10 heteroatoms. The van der Waals surface area contributed by atoms with Gasteiger partial charge in [-0.2, -0.15) is 0 Å². The fourth-order valence-corrected chi connectivity index (χ4v) is 4.23. The molecule has 0 aromatic heterocycles. The van der Waals surface area contributed by atoms with Gasteiger partial charge in [0.25, 0.3) is 5.69 Å². The molecule has 4 rings (SSSR count). The van der Waals surface area contributed by atoms with Gasteiger partial charge in [-0.25, -0.2) is 0 Å². The third kappa shape index (κ3) is 3.98. The van der Waals surface area contributed by atoms with Crippen LogP contribution in [-0.4, -0.2) is 44.3 Å². The van der Waals surface area contributed by atoms with E-state index in [-0.39, 0.29) is 22.6 Å². The molecule has 2 unspecified atom stereocenters. The molecule has 180 valence electrons. The lowest BCUT2D eigenvalue weighted by Crippen LogP contribution is -2.40. The van der Waals surface area contributed by atoms with Crippen molar-refractivity contribution in [1.82, 2.24) is 0 Å². The highest BCUT2D eigenvalue weighted by atomic mass is 16.6. The number of benzene rings is 3. The number of ether oxygens (including phenoxy) is 1. The van der Waals surface area contributed by atoms with Gasteiger partial charge in [0.1, 0.15) is 23.8 Å². The second kappa shape index (κ2) is 8.82. The van der Waals surface area contributed by atoms with Crippen molar-refractivity contribution in [3.63, 3.8) is 0 Å². The predicted octanol–water partition coefficient (Wildman–Crippen LogP) is 3.66. The average Bonchev–Trinajstić information content (AvgIpc) is 2.79. The van der Waals surface area contributed by atoms with E-state index in [1.165, 1.54) is 36.9 Å². The third-order valence-electron chi connectivity index (χ3n) is 5.79. The maximum Gasteiger partial charge on any atom is 0.285 e. The van der Waals surface area contributed by atoms with Crippen LogP contribution in [0.3, 0.4) is 0 Å². The Bertz CT molecular complexity index is 1370. The number of hydrogen-bond acceptors (Lipinski definition) is 9. The molecule has 0 radical (unpaired) electrons. The number of nitro groups is 1. The van der Waals surface area contributed by atoms with E-state index >= 15 is 0 Å². The molecule has 0 amide bonds. The monoisotopic (exact) mass is 478 g/mol. The van der Waals surface area contributed by atoms with Crippen LogP contribution >= 0.6 is 0 Å². The summed E-state index contributed by atoms with van der Waals surface area (Å²) in [6.45, 7) is 4.65. The van der Waals surface area contributed by atoms with Gasteiger partial charge < -0.3 is 25.0 Å². The third-order valence-corrected chi connectivity index (χ3v) is 5.79. The van der Waals surface area contributed by atoms with Gasteiger partial charge in [-0.3, -0.25) is 19.7 Å². The van der Waals surface area contributed by atoms with Crippen molar-refractivity contribution in [2.75, 3.05) is 4.90 Å². The van der Waals surface area contributed by atoms with Crippen LogP contribution in [0.25, 0.3) is 0 Å². The van der Waals surface area contributed by atoms with Gasteiger partial charge in [0, 0.05) is 16.8 Å². The predicted molar refractivity (Wildman–Crippen MR) is 125 cm³/mol. The zero-order valence-corrected chi connectivity index (χ0v) is 19.1. The van der Waals surface area contributed by atoms with Gasteiger partial charge >= 0.3 is 0 Å². The quantitative estimate of drug-likeness (QED) is 0.214. The molecule has 0 spiro atoms. The smallest absolute Gasteiger partial charge is 0.285 e. The fourth-order valence-electron chi connectivity index (χ4n) is 4.23. The van der Waals surface area contributed by atoms with E-state index in [2.05, 4.69) is 0 Å². The first kappa shape index (κ1) is 23.9. The largest absolute Gasteiger partial charge is 0.504 e. The zero-order chi connectivity index (χ0) is 25.6. The van der Waals surface area contributed by atoms with Crippen LogP contribution in [0, 0.1) is 17.0 Å². The Labute approximate surface area is 199 Å². The van der Waals surface area contributed by atoms with Gasteiger partial charge in [-0.15, -0.1) is 0 Å². The van der Waals surface area contributed by atoms with Gasteiger partial charge in [0.05, 0.1) is 16.6 Å². The number of anilines is 1. The fraction of sp³-hybridized carbons (Fsp3) is 0.200. The van der Waals surface area contributed by atoms with E-state index < -0.39 is 51.5 Å². The van der Waals surface area contributed by atoms with Crippen LogP contribution in [0.4, 0.5) is 11.4 Å². The van der Waals surface area contributed by atoms with Crippen LogP contribution in [0.1, 0.15) is 51.3 Å². The first-order chi connectivity index (χ1) is 16.5. The molecule has 3 N–H and O–H groups in total. The lowest BCUT2D eigenvalue weighted by Gasteiger charge is -2.31. The minimum Gasteiger partial charge on any atom is -0.504 e. The minimum absolute atomic E-state index is 0.0216. The molecule has 2 atom stereocenters. The lowest BCUT2D eigenvalue weighted by atomic mass is 9.82. The summed E-state index contributed by atoms with van der Waals surface area (Å²) in [6.07, 6.45) is -1.97. The van der Waals surface area contributed by atoms with Crippen molar-refractivity contribution < 1.29 is 34.6 Å². The summed E-state index contributed by atoms with van der Waals surface area (Å²) in [4.78, 5) is 38.5. The second-order valence-corrected chi connectivity index (χ2v) is 8.18. The minimum atomic E-state index is -0.986. The number of hydrogen-bond donors (Lipinski definition) is 3. The van der Waals surface area contributed by atoms with Crippen molar-refractivity contribution in [2.45, 2.75) is 33.2 Å². The normalized spacial score (nSPS) is 14.1. The molecule has 1 aliphatic rings. The Balaban J connectivity index is 1.82. The number of rotatable bonds is 6. The maximum atomic E-state index is 13.1. The van der Waals surface area contributed by atoms with E-state index in [0.717, 1.165) is 6.07 Å². The van der Waals surface area contributed by atoms with Crippen molar-refractivity contribution in [2.24, 2.45) is 0 Å². The molecule has 0 fully saturated rings. The Hall–Kier alpha value is -4.28. The van der Waals surface area contributed by atoms with Gasteiger partial charge in [-0.1, -0.05) is 24.3 Å². The summed E-state index contributed by atoms with van der Waals surface area (Å²) in [5.41, 5.74) is -0.581. The lowest BCUT2D eigenvalue weighted by molar-refractivity contribution is -0.385. The Morgan fingerprint density at radius 2 is 1.49 bits per heavy atom. The SMILES string of the molecule is Cc1cc(N(C(C)O)C(C)O)ccc1Oc1cc([N+](=O)[O-])c2c(c1O)C(=O)c1ccccc1C2=O. The molecular formula is C25H22N2O8. The zero-order valence-electron chi connectivity index (χ0n) is 19.1. The molecular weight excluding hydrogens is 456 g/mol. The van der Waals surface area contributed by atoms with Crippen LogP contribution < -0.4 is 9.64 Å². The van der Waals surface area contributed by atoms with Crippen molar-refractivity contribution in [3.8, 4) is 17.2 Å². The molecule has 10 nitrogen and oxygen atoms in total. The topological polar surface area (TPSA) is 150 Å². The Kier molecular flexibility index (Phi) is 6.01. The molecule has 0 heterocycles. The van der Waals surface area contributed by atoms with E-state index in [4.69, 9.17) is 4.74 Å². The highest BCUT2D eigenvalue weighted by molar-refractivity contribution is 6.30. The number of ketones is 2. The first-order valence-corrected chi connectivity index (χ1v) is 10.7. The highest BCUT2D eigenvalue weighted by Gasteiger charge is 2.39. The van der Waals surface area contributed by atoms with Crippen LogP contribution in [0.5, 0.6) is 17.2 Å². The molecule has 0 bridgehead atoms. The second-order valence-electron chi connectivity index (χ2n) is 8.18. The Morgan fingerprint density at radius 1 is 0.914 bits per heavy atom. The number of carbonyl (C=O) groups excluding carboxylic acids is 2.